The van der Waals surface area contributed by atoms with Crippen LogP contribution in [0, 0.1) is 0 Å². The molecule has 6 aromatic heterocycles. The zero-order valence-corrected chi connectivity index (χ0v) is 33.1. The Kier molecular flexibility index (Phi) is 16.1. The average Bonchev–Trinajstić information content (AvgIpc) is 3.90. The van der Waals surface area contributed by atoms with E-state index in [0.717, 1.165) is 16.9 Å². The minimum absolute atomic E-state index is 0. The fourth-order valence-corrected chi connectivity index (χ4v) is 6.72. The summed E-state index contributed by atoms with van der Waals surface area (Å²) in [7, 11) is 0. The Morgan fingerprint density at radius 2 is 0.983 bits per heavy atom. The normalized spacial score (nSPS) is 10.1. The highest BCUT2D eigenvalue weighted by Gasteiger charge is 2.21. The maximum atomic E-state index is 13.0. The van der Waals surface area contributed by atoms with E-state index < -0.39 is 5.97 Å². The Balaban J connectivity index is 0.000000188. The van der Waals surface area contributed by atoms with Crippen molar-refractivity contribution in [1.29, 1.82) is 0 Å². The molecule has 17 heteroatoms. The van der Waals surface area contributed by atoms with Gasteiger partial charge in [0, 0.05) is 50.1 Å². The van der Waals surface area contributed by atoms with E-state index in [0.29, 0.717) is 69.2 Å². The maximum Gasteiger partial charge on any atom is 0.348 e. The highest BCUT2D eigenvalue weighted by molar-refractivity contribution is 7.18. The second kappa shape index (κ2) is 22.0. The molecule has 0 bridgehead atoms. The predicted molar refractivity (Wildman–Crippen MR) is 229 cm³/mol. The number of carbonyl (C=O) groups excluding carboxylic acids is 1. The quantitative estimate of drug-likeness (QED) is 0.0851. The number of rotatable bonds is 12. The van der Waals surface area contributed by atoms with Crippen molar-refractivity contribution in [3.63, 3.8) is 0 Å². The van der Waals surface area contributed by atoms with Gasteiger partial charge in [-0.3, -0.25) is 14.8 Å². The summed E-state index contributed by atoms with van der Waals surface area (Å²) in [5, 5.41) is 16.2. The molecule has 2 aromatic carbocycles. The number of halogens is 1. The van der Waals surface area contributed by atoms with Gasteiger partial charge in [0.2, 0.25) is 11.9 Å². The number of pyridine rings is 2. The van der Waals surface area contributed by atoms with E-state index >= 15 is 0 Å². The second-order valence-corrected chi connectivity index (χ2v) is 13.6. The third-order valence-corrected chi connectivity index (χ3v) is 9.62. The fourth-order valence-electron chi connectivity index (χ4n) is 4.98. The zero-order valence-electron chi connectivity index (χ0n) is 30.6. The summed E-state index contributed by atoms with van der Waals surface area (Å²) >= 11 is 2.32. The van der Waals surface area contributed by atoms with Crippen LogP contribution in [0.3, 0.4) is 0 Å². The van der Waals surface area contributed by atoms with E-state index in [1.54, 1.807) is 67.5 Å². The van der Waals surface area contributed by atoms with Gasteiger partial charge in [-0.15, -0.1) is 12.4 Å². The summed E-state index contributed by atoms with van der Waals surface area (Å²) in [6, 6.07) is 34.2. The monoisotopic (exact) mass is 829 g/mol. The molecule has 0 unspecified atom stereocenters. The SMILES string of the molecule is Cl.NCc1ccccc1.O=C(CCc1ccccc1)c1sc(Nc2ncccn2)nc1-c1ccccn1.O=C(O)c1sc(Nc2ncccn2)nc1-c1ccccn1. The highest BCUT2D eigenvalue weighted by Crippen LogP contribution is 2.33. The first kappa shape index (κ1) is 42.3. The molecule has 0 saturated heterocycles. The number of nitrogens with two attached hydrogens (primary N) is 1. The van der Waals surface area contributed by atoms with Crippen LogP contribution < -0.4 is 16.4 Å². The van der Waals surface area contributed by atoms with Gasteiger partial charge in [-0.1, -0.05) is 95.5 Å². The lowest BCUT2D eigenvalue weighted by atomic mass is 10.1. The molecular weight excluding hydrogens is 794 g/mol. The first-order valence-corrected chi connectivity index (χ1v) is 19.1. The summed E-state index contributed by atoms with van der Waals surface area (Å²) in [6.45, 7) is 0.640. The number of carboxylic acids is 1. The van der Waals surface area contributed by atoms with Gasteiger partial charge in [0.25, 0.3) is 0 Å². The minimum Gasteiger partial charge on any atom is -0.477 e. The van der Waals surface area contributed by atoms with Gasteiger partial charge in [0.1, 0.15) is 21.1 Å². The molecule has 0 fully saturated rings. The van der Waals surface area contributed by atoms with Gasteiger partial charge >= 0.3 is 5.97 Å². The van der Waals surface area contributed by atoms with Gasteiger partial charge in [0.05, 0.1) is 11.4 Å². The van der Waals surface area contributed by atoms with E-state index in [2.05, 4.69) is 50.5 Å². The molecular formula is C41H36ClN11O3S2. The van der Waals surface area contributed by atoms with Crippen molar-refractivity contribution in [3.05, 3.63) is 167 Å². The molecule has 0 spiro atoms. The van der Waals surface area contributed by atoms with Crippen LogP contribution in [0.1, 0.15) is 36.9 Å². The Bertz CT molecular complexity index is 2450. The molecule has 0 aliphatic rings. The Hall–Kier alpha value is -6.85. The number of aromatic carboxylic acids is 1. The van der Waals surface area contributed by atoms with Crippen LogP contribution in [-0.4, -0.2) is 56.7 Å². The van der Waals surface area contributed by atoms with Gasteiger partial charge in [-0.2, -0.15) is 0 Å². The third kappa shape index (κ3) is 12.3. The molecule has 0 aliphatic heterocycles. The van der Waals surface area contributed by atoms with Gasteiger partial charge in [0.15, 0.2) is 16.0 Å². The summed E-state index contributed by atoms with van der Waals surface area (Å²) in [6.07, 6.45) is 10.8. The number of thiazole rings is 2. The van der Waals surface area contributed by atoms with Crippen molar-refractivity contribution < 1.29 is 14.7 Å². The lowest BCUT2D eigenvalue weighted by Crippen LogP contribution is -2.01. The van der Waals surface area contributed by atoms with E-state index in [9.17, 15) is 14.7 Å². The van der Waals surface area contributed by atoms with Crippen LogP contribution in [0.4, 0.5) is 22.2 Å². The summed E-state index contributed by atoms with van der Waals surface area (Å²) in [4.78, 5) is 58.7. The standard InChI is InChI=1S/C21H17N5OS.C13H9N5O2S.C7H9N.ClH/c27-17(11-10-15-7-2-1-3-8-15)19-18(16-9-4-5-12-22-16)25-21(28-19)26-20-23-13-6-14-24-20;19-11(20)10-9(8-4-1-2-5-14-8)17-13(21-10)18-12-15-6-3-7-16-12;8-6-7-4-2-1-3-5-7;/h1-9,12-14H,10-11H2,(H,23,24,25,26);1-7H,(H,19,20)(H,15,16,17,18);1-5H,6,8H2;1H. The van der Waals surface area contributed by atoms with Gasteiger partial charge in [-0.25, -0.2) is 34.7 Å². The molecule has 292 valence electrons. The number of nitrogens with zero attached hydrogens (tertiary/aromatic N) is 8. The molecule has 5 N–H and O–H groups in total. The van der Waals surface area contributed by atoms with Gasteiger partial charge in [-0.05, 0) is 53.9 Å². The Morgan fingerprint density at radius 3 is 1.41 bits per heavy atom. The van der Waals surface area contributed by atoms with Crippen molar-refractivity contribution >= 4 is 69.0 Å². The first-order chi connectivity index (χ1) is 28.0. The largest absolute Gasteiger partial charge is 0.477 e. The van der Waals surface area contributed by atoms with Crippen molar-refractivity contribution in [2.45, 2.75) is 19.4 Å². The van der Waals surface area contributed by atoms with Crippen LogP contribution in [0.2, 0.25) is 0 Å². The molecule has 14 nitrogen and oxygen atoms in total. The van der Waals surface area contributed by atoms with Crippen LogP contribution in [-0.2, 0) is 13.0 Å². The topological polar surface area (TPSA) is 208 Å². The molecule has 0 atom stereocenters. The molecule has 8 rings (SSSR count). The minimum atomic E-state index is -1.05. The summed E-state index contributed by atoms with van der Waals surface area (Å²) < 4.78 is 0. The number of hydrogen-bond acceptors (Lipinski definition) is 15. The van der Waals surface area contributed by atoms with E-state index in [-0.39, 0.29) is 23.1 Å². The number of carbonyl (C=O) groups is 2. The van der Waals surface area contributed by atoms with Crippen molar-refractivity contribution in [3.8, 4) is 22.8 Å². The van der Waals surface area contributed by atoms with E-state index in [1.807, 2.05) is 78.9 Å². The molecule has 58 heavy (non-hydrogen) atoms. The molecule has 0 saturated carbocycles. The molecule has 0 aliphatic carbocycles. The number of aromatic nitrogens is 8. The van der Waals surface area contributed by atoms with Crippen LogP contribution >= 0.6 is 35.1 Å². The summed E-state index contributed by atoms with van der Waals surface area (Å²) in [5.41, 5.74) is 9.76. The lowest BCUT2D eigenvalue weighted by Gasteiger charge is -2.02. The number of aryl methyl sites for hydroxylation is 1. The number of anilines is 4. The number of hydrogen-bond donors (Lipinski definition) is 4. The van der Waals surface area contributed by atoms with Crippen LogP contribution in [0.15, 0.2) is 146 Å². The van der Waals surface area contributed by atoms with Crippen LogP contribution in [0.5, 0.6) is 0 Å². The second-order valence-electron chi connectivity index (χ2n) is 11.6. The Morgan fingerprint density at radius 1 is 0.552 bits per heavy atom. The van der Waals surface area contributed by atoms with Gasteiger partial charge < -0.3 is 21.5 Å². The highest BCUT2D eigenvalue weighted by atomic mass is 35.5. The smallest absolute Gasteiger partial charge is 0.348 e. The Labute approximate surface area is 347 Å². The lowest BCUT2D eigenvalue weighted by molar-refractivity contribution is 0.0702. The molecule has 8 aromatic rings. The van der Waals surface area contributed by atoms with E-state index in [1.165, 1.54) is 16.9 Å². The van der Waals surface area contributed by atoms with Crippen molar-refractivity contribution in [2.75, 3.05) is 10.6 Å². The predicted octanol–water partition coefficient (Wildman–Crippen LogP) is 8.56. The van der Waals surface area contributed by atoms with Crippen molar-refractivity contribution in [1.82, 2.24) is 39.9 Å². The first-order valence-electron chi connectivity index (χ1n) is 17.4. The molecule has 0 amide bonds. The zero-order chi connectivity index (χ0) is 39.7. The number of ketones is 1. The maximum absolute atomic E-state index is 13.0. The molecule has 0 radical (unpaired) electrons. The van der Waals surface area contributed by atoms with Crippen molar-refractivity contribution in [2.24, 2.45) is 5.73 Å². The number of Topliss-reactive ketones (excluding diaryl/α,β-unsaturated/α-hetero) is 1. The molecule has 6 heterocycles. The summed E-state index contributed by atoms with van der Waals surface area (Å²) in [5.74, 6) is -0.206. The van der Waals surface area contributed by atoms with Crippen LogP contribution in [0.25, 0.3) is 22.8 Å². The number of nitrogens with one attached hydrogen (secondary N) is 2. The fraction of sp³-hybridized carbons (Fsp3) is 0.0732. The number of benzene rings is 2. The third-order valence-electron chi connectivity index (χ3n) is 7.65. The average molecular weight is 830 g/mol. The number of carboxylic acid groups (broad SMARTS) is 1. The van der Waals surface area contributed by atoms with E-state index in [4.69, 9.17) is 5.73 Å².